The molecule has 4 N–H and O–H groups in total. The van der Waals surface area contributed by atoms with E-state index in [0.29, 0.717) is 22.4 Å². The normalized spacial score (nSPS) is 13.8. The third-order valence-electron chi connectivity index (χ3n) is 5.30. The van der Waals surface area contributed by atoms with Gasteiger partial charge in [0.25, 0.3) is 0 Å². The number of hydrogen-bond acceptors (Lipinski definition) is 5. The minimum atomic E-state index is -0.184. The van der Waals surface area contributed by atoms with Gasteiger partial charge in [0.05, 0.1) is 0 Å². The summed E-state index contributed by atoms with van der Waals surface area (Å²) in [6, 6.07) is 20.1. The Morgan fingerprint density at radius 2 is 1.46 bits per heavy atom. The van der Waals surface area contributed by atoms with Crippen molar-refractivity contribution in [2.24, 2.45) is 10.7 Å². The number of rotatable bonds is 8. The Balaban J connectivity index is 0.00000204. The van der Waals surface area contributed by atoms with E-state index in [1.807, 2.05) is 31.2 Å². The van der Waals surface area contributed by atoms with Crippen LogP contribution in [-0.4, -0.2) is 11.9 Å². The molecule has 5 nitrogen and oxygen atoms in total. The molecule has 0 fully saturated rings. The van der Waals surface area contributed by atoms with Gasteiger partial charge in [-0.25, -0.2) is 4.99 Å². The van der Waals surface area contributed by atoms with E-state index >= 15 is 0 Å². The second kappa shape index (κ2) is 14.8. The average Bonchev–Trinajstić information content (AvgIpc) is 2.77. The summed E-state index contributed by atoms with van der Waals surface area (Å²) in [6.07, 6.45) is -0.184. The van der Waals surface area contributed by atoms with Gasteiger partial charge in [0.15, 0.2) is 6.10 Å². The fraction of sp³-hybridized carbons (Fsp3) is 0.240. The number of nitrogens with one attached hydrogen (secondary N) is 2. The van der Waals surface area contributed by atoms with E-state index in [0.717, 1.165) is 42.2 Å². The SMILES string of the molecule is CC1Oc2ccc(CNCc3cccc(CNCc4ccc(Cl)cc4Cl)c3)cc2N=C1N.Cl.Cl.Cl. The maximum absolute atomic E-state index is 6.24. The number of nitrogens with zero attached hydrogens (tertiary/aromatic N) is 1. The number of fused-ring (bicyclic) bond motifs is 1. The van der Waals surface area contributed by atoms with Crippen LogP contribution in [0.1, 0.15) is 29.2 Å². The first-order chi connectivity index (χ1) is 15.5. The number of nitrogens with two attached hydrogens (primary N) is 1. The van der Waals surface area contributed by atoms with Crippen LogP contribution in [0.2, 0.25) is 10.0 Å². The molecule has 1 atom stereocenters. The highest BCUT2D eigenvalue weighted by Gasteiger charge is 2.18. The Hall–Kier alpha value is -1.70. The lowest BCUT2D eigenvalue weighted by Crippen LogP contribution is -2.33. The summed E-state index contributed by atoms with van der Waals surface area (Å²) in [7, 11) is 0. The molecular weight excluding hydrogens is 550 g/mol. The number of benzene rings is 3. The smallest absolute Gasteiger partial charge is 0.153 e. The molecule has 0 aliphatic carbocycles. The Kier molecular flexibility index (Phi) is 13.2. The lowest BCUT2D eigenvalue weighted by Gasteiger charge is -2.21. The van der Waals surface area contributed by atoms with Crippen molar-refractivity contribution in [3.63, 3.8) is 0 Å². The molecular formula is C25H29Cl5N4O. The van der Waals surface area contributed by atoms with Gasteiger partial charge in [-0.3, -0.25) is 0 Å². The van der Waals surface area contributed by atoms with Gasteiger partial charge < -0.3 is 21.1 Å². The molecule has 0 bridgehead atoms. The first-order valence-corrected chi connectivity index (χ1v) is 11.3. The maximum Gasteiger partial charge on any atom is 0.153 e. The van der Waals surface area contributed by atoms with E-state index in [2.05, 4.69) is 46.0 Å². The zero-order valence-corrected chi connectivity index (χ0v) is 23.1. The predicted molar refractivity (Wildman–Crippen MR) is 154 cm³/mol. The highest BCUT2D eigenvalue weighted by atomic mass is 35.5. The summed E-state index contributed by atoms with van der Waals surface area (Å²) in [5.41, 5.74) is 11.3. The van der Waals surface area contributed by atoms with Crippen molar-refractivity contribution in [1.82, 2.24) is 10.6 Å². The number of ether oxygens (including phenoxy) is 1. The number of halogens is 5. The summed E-state index contributed by atoms with van der Waals surface area (Å²) in [6.45, 7) is 4.85. The first kappa shape index (κ1) is 31.3. The zero-order valence-electron chi connectivity index (χ0n) is 19.1. The molecule has 35 heavy (non-hydrogen) atoms. The fourth-order valence-electron chi connectivity index (χ4n) is 3.55. The van der Waals surface area contributed by atoms with Crippen molar-refractivity contribution in [2.75, 3.05) is 0 Å². The molecule has 1 unspecified atom stereocenters. The molecule has 0 amide bonds. The largest absolute Gasteiger partial charge is 0.481 e. The van der Waals surface area contributed by atoms with Crippen molar-refractivity contribution < 1.29 is 4.74 Å². The van der Waals surface area contributed by atoms with Gasteiger partial charge in [0.2, 0.25) is 0 Å². The van der Waals surface area contributed by atoms with E-state index in [-0.39, 0.29) is 43.3 Å². The Labute approximate surface area is 235 Å². The quantitative estimate of drug-likeness (QED) is 0.281. The van der Waals surface area contributed by atoms with Crippen LogP contribution in [-0.2, 0) is 26.2 Å². The second-order valence-corrected chi connectivity index (χ2v) is 8.71. The van der Waals surface area contributed by atoms with Gasteiger partial charge >= 0.3 is 0 Å². The van der Waals surface area contributed by atoms with Crippen LogP contribution in [0.3, 0.4) is 0 Å². The second-order valence-electron chi connectivity index (χ2n) is 7.86. The molecule has 0 aromatic heterocycles. The highest BCUT2D eigenvalue weighted by Crippen LogP contribution is 2.32. The number of hydrogen-bond donors (Lipinski definition) is 3. The molecule has 1 aliphatic heterocycles. The number of aliphatic imine (C=N–C) groups is 1. The molecule has 190 valence electrons. The third-order valence-corrected chi connectivity index (χ3v) is 5.89. The van der Waals surface area contributed by atoms with Crippen molar-refractivity contribution in [1.29, 1.82) is 0 Å². The summed E-state index contributed by atoms with van der Waals surface area (Å²) < 4.78 is 5.76. The number of amidine groups is 1. The van der Waals surface area contributed by atoms with Crippen LogP contribution in [0.5, 0.6) is 5.75 Å². The average molecular weight is 579 g/mol. The van der Waals surface area contributed by atoms with E-state index in [1.54, 1.807) is 6.07 Å². The lowest BCUT2D eigenvalue weighted by atomic mass is 10.1. The fourth-order valence-corrected chi connectivity index (χ4v) is 4.02. The zero-order chi connectivity index (χ0) is 22.5. The van der Waals surface area contributed by atoms with Gasteiger partial charge in [-0.1, -0.05) is 59.6 Å². The minimum absolute atomic E-state index is 0. The van der Waals surface area contributed by atoms with E-state index < -0.39 is 0 Å². The molecule has 0 spiro atoms. The minimum Gasteiger partial charge on any atom is -0.481 e. The van der Waals surface area contributed by atoms with Crippen LogP contribution in [0.25, 0.3) is 0 Å². The summed E-state index contributed by atoms with van der Waals surface area (Å²) in [5.74, 6) is 1.28. The van der Waals surface area contributed by atoms with E-state index in [1.165, 1.54) is 11.1 Å². The third kappa shape index (κ3) is 8.72. The first-order valence-electron chi connectivity index (χ1n) is 10.5. The van der Waals surface area contributed by atoms with Crippen LogP contribution >= 0.6 is 60.4 Å². The molecule has 3 aromatic rings. The molecule has 10 heteroatoms. The van der Waals surface area contributed by atoms with Crippen molar-refractivity contribution in [2.45, 2.75) is 39.2 Å². The van der Waals surface area contributed by atoms with Crippen LogP contribution in [0, 0.1) is 0 Å². The molecule has 0 saturated carbocycles. The van der Waals surface area contributed by atoms with Gasteiger partial charge in [-0.15, -0.1) is 37.2 Å². The van der Waals surface area contributed by atoms with Gasteiger partial charge in [0, 0.05) is 36.2 Å². The van der Waals surface area contributed by atoms with Crippen LogP contribution in [0.4, 0.5) is 5.69 Å². The van der Waals surface area contributed by atoms with Crippen LogP contribution in [0.15, 0.2) is 65.7 Å². The highest BCUT2D eigenvalue weighted by molar-refractivity contribution is 6.35. The van der Waals surface area contributed by atoms with Crippen molar-refractivity contribution in [3.05, 3.63) is 93.0 Å². The lowest BCUT2D eigenvalue weighted by molar-refractivity contribution is 0.281. The molecule has 3 aromatic carbocycles. The molecule has 1 heterocycles. The van der Waals surface area contributed by atoms with Gasteiger partial charge in [-0.2, -0.15) is 0 Å². The van der Waals surface area contributed by atoms with Crippen molar-refractivity contribution >= 4 is 71.9 Å². The summed E-state index contributed by atoms with van der Waals surface area (Å²) in [4.78, 5) is 4.45. The summed E-state index contributed by atoms with van der Waals surface area (Å²) in [5, 5.41) is 8.26. The maximum atomic E-state index is 6.24. The van der Waals surface area contributed by atoms with E-state index in [9.17, 15) is 0 Å². The van der Waals surface area contributed by atoms with Gasteiger partial charge in [0.1, 0.15) is 17.3 Å². The molecule has 0 radical (unpaired) electrons. The Bertz CT molecular complexity index is 1140. The van der Waals surface area contributed by atoms with E-state index in [4.69, 9.17) is 33.7 Å². The summed E-state index contributed by atoms with van der Waals surface area (Å²) >= 11 is 12.2. The Morgan fingerprint density at radius 1 is 0.829 bits per heavy atom. The standard InChI is InChI=1S/C25H26Cl2N4O.3ClH/c1-16-25(28)31-23-10-19(5-8-24(23)32-16)14-29-12-17-3-2-4-18(9-17)13-30-15-20-6-7-21(26)11-22(20)27;;;/h2-11,16,29-30H,12-15H2,1H3,(H2,28,31);3*1H. The topological polar surface area (TPSA) is 71.7 Å². The molecule has 4 rings (SSSR count). The Morgan fingerprint density at radius 3 is 2.11 bits per heavy atom. The van der Waals surface area contributed by atoms with Crippen LogP contribution < -0.4 is 21.1 Å². The van der Waals surface area contributed by atoms with Gasteiger partial charge in [-0.05, 0) is 53.4 Å². The molecule has 0 saturated heterocycles. The monoisotopic (exact) mass is 576 g/mol. The predicted octanol–water partition coefficient (Wildman–Crippen LogP) is 6.61. The molecule has 1 aliphatic rings. The van der Waals surface area contributed by atoms with Crippen molar-refractivity contribution in [3.8, 4) is 5.75 Å².